The molecule has 4 aliphatic carbocycles. The zero-order valence-corrected chi connectivity index (χ0v) is 12.4. The average molecular weight is 274 g/mol. The first-order valence-electron chi connectivity index (χ1n) is 7.79. The van der Waals surface area contributed by atoms with Crippen molar-refractivity contribution in [2.75, 3.05) is 5.32 Å². The van der Waals surface area contributed by atoms with Crippen LogP contribution in [0.25, 0.3) is 0 Å². The molecule has 0 spiro atoms. The third-order valence-electron chi connectivity index (χ3n) is 5.73. The first-order chi connectivity index (χ1) is 9.38. The van der Waals surface area contributed by atoms with Crippen molar-refractivity contribution >= 4 is 5.82 Å². The van der Waals surface area contributed by atoms with Crippen LogP contribution in [0.5, 0.6) is 0 Å². The van der Waals surface area contributed by atoms with Crippen LogP contribution in [0.4, 0.5) is 10.2 Å². The molecular weight excluding hydrogens is 251 g/mol. The first-order valence-corrected chi connectivity index (χ1v) is 7.79. The Bertz CT molecular complexity index is 538. The minimum atomic E-state index is -0.392. The molecule has 5 rings (SSSR count). The Labute approximate surface area is 120 Å². The molecule has 2 unspecified atom stereocenters. The van der Waals surface area contributed by atoms with E-state index in [2.05, 4.69) is 24.1 Å². The second kappa shape index (κ2) is 3.75. The number of hydrogen-bond donors (Lipinski definition) is 1. The van der Waals surface area contributed by atoms with Crippen molar-refractivity contribution in [2.45, 2.75) is 57.9 Å². The highest BCUT2D eigenvalue weighted by Gasteiger charge is 2.60. The van der Waals surface area contributed by atoms with E-state index in [1.807, 2.05) is 6.07 Å². The largest absolute Gasteiger partial charge is 0.364 e. The predicted molar refractivity (Wildman–Crippen MR) is 78.0 cm³/mol. The van der Waals surface area contributed by atoms with Gasteiger partial charge in [0.25, 0.3) is 0 Å². The zero-order valence-electron chi connectivity index (χ0n) is 12.4. The van der Waals surface area contributed by atoms with Crippen molar-refractivity contribution < 1.29 is 4.39 Å². The van der Waals surface area contributed by atoms with Crippen molar-refractivity contribution in [3.8, 4) is 0 Å². The Balaban J connectivity index is 1.67. The number of nitrogens with one attached hydrogen (secondary N) is 1. The SMILES string of the molecule is CC12CC3CC(C)(C1)CC(Nc1cccc(F)n1)(C3)C2. The molecule has 4 fully saturated rings. The summed E-state index contributed by atoms with van der Waals surface area (Å²) in [5.41, 5.74) is 1.08. The fraction of sp³-hybridized carbons (Fsp3) is 0.706. The van der Waals surface area contributed by atoms with Crippen LogP contribution < -0.4 is 5.32 Å². The molecule has 2 nitrogen and oxygen atoms in total. The summed E-state index contributed by atoms with van der Waals surface area (Å²) in [7, 11) is 0. The van der Waals surface area contributed by atoms with Gasteiger partial charge in [-0.15, -0.1) is 0 Å². The van der Waals surface area contributed by atoms with E-state index in [0.717, 1.165) is 5.92 Å². The van der Waals surface area contributed by atoms with E-state index in [0.29, 0.717) is 16.6 Å². The molecule has 0 radical (unpaired) electrons. The van der Waals surface area contributed by atoms with Crippen LogP contribution in [0.15, 0.2) is 18.2 Å². The molecule has 108 valence electrons. The van der Waals surface area contributed by atoms with Crippen LogP contribution >= 0.6 is 0 Å². The summed E-state index contributed by atoms with van der Waals surface area (Å²) in [6, 6.07) is 5.05. The molecule has 4 bridgehead atoms. The number of nitrogens with zero attached hydrogens (tertiary/aromatic N) is 1. The summed E-state index contributed by atoms with van der Waals surface area (Å²) in [5.74, 6) is 1.15. The lowest BCUT2D eigenvalue weighted by Gasteiger charge is -2.65. The van der Waals surface area contributed by atoms with E-state index in [4.69, 9.17) is 0 Å². The Morgan fingerprint density at radius 1 is 1.10 bits per heavy atom. The van der Waals surface area contributed by atoms with E-state index in [1.54, 1.807) is 6.07 Å². The maximum atomic E-state index is 13.3. The van der Waals surface area contributed by atoms with Gasteiger partial charge < -0.3 is 5.32 Å². The number of aromatic nitrogens is 1. The smallest absolute Gasteiger partial charge is 0.214 e. The molecule has 3 heteroatoms. The topological polar surface area (TPSA) is 24.9 Å². The highest BCUT2D eigenvalue weighted by molar-refractivity contribution is 5.39. The summed E-state index contributed by atoms with van der Waals surface area (Å²) >= 11 is 0. The molecule has 1 aromatic heterocycles. The number of halogens is 1. The standard InChI is InChI=1S/C17H23FN2/c1-15-6-12-7-16(2,9-15)11-17(8-12,10-15)20-14-5-3-4-13(18)19-14/h3-5,12H,6-11H2,1-2H3,(H,19,20). The Kier molecular flexibility index (Phi) is 2.36. The fourth-order valence-corrected chi connectivity index (χ4v) is 6.34. The Hall–Kier alpha value is -1.12. The molecule has 4 aliphatic rings. The van der Waals surface area contributed by atoms with Crippen molar-refractivity contribution in [3.63, 3.8) is 0 Å². The zero-order chi connectivity index (χ0) is 14.0. The van der Waals surface area contributed by atoms with Crippen LogP contribution in [-0.4, -0.2) is 10.5 Å². The summed E-state index contributed by atoms with van der Waals surface area (Å²) in [4.78, 5) is 4.02. The molecule has 0 aliphatic heterocycles. The quantitative estimate of drug-likeness (QED) is 0.809. The monoisotopic (exact) mass is 274 g/mol. The normalized spacial score (nSPS) is 45.6. The Morgan fingerprint density at radius 3 is 2.40 bits per heavy atom. The van der Waals surface area contributed by atoms with E-state index < -0.39 is 5.95 Å². The van der Waals surface area contributed by atoms with Crippen molar-refractivity contribution in [1.82, 2.24) is 4.98 Å². The van der Waals surface area contributed by atoms with Gasteiger partial charge in [0.05, 0.1) is 0 Å². The molecule has 1 N–H and O–H groups in total. The van der Waals surface area contributed by atoms with E-state index in [-0.39, 0.29) is 5.54 Å². The van der Waals surface area contributed by atoms with Gasteiger partial charge in [-0.2, -0.15) is 4.39 Å². The van der Waals surface area contributed by atoms with Gasteiger partial charge in [-0.05, 0) is 67.4 Å². The van der Waals surface area contributed by atoms with Gasteiger partial charge >= 0.3 is 0 Å². The highest BCUT2D eigenvalue weighted by Crippen LogP contribution is 2.66. The van der Waals surface area contributed by atoms with Gasteiger partial charge in [0.2, 0.25) is 5.95 Å². The van der Waals surface area contributed by atoms with Crippen molar-refractivity contribution in [2.24, 2.45) is 16.7 Å². The number of anilines is 1. The lowest BCUT2D eigenvalue weighted by molar-refractivity contribution is -0.0974. The molecule has 4 saturated carbocycles. The molecule has 1 aromatic rings. The molecule has 2 atom stereocenters. The van der Waals surface area contributed by atoms with E-state index in [9.17, 15) is 4.39 Å². The van der Waals surface area contributed by atoms with Crippen LogP contribution in [0.2, 0.25) is 0 Å². The summed E-state index contributed by atoms with van der Waals surface area (Å²) in [6.07, 6.45) is 7.77. The van der Waals surface area contributed by atoms with Gasteiger partial charge in [0, 0.05) is 5.54 Å². The highest BCUT2D eigenvalue weighted by atomic mass is 19.1. The molecule has 0 saturated heterocycles. The summed E-state index contributed by atoms with van der Waals surface area (Å²) in [5, 5.41) is 3.63. The van der Waals surface area contributed by atoms with Crippen LogP contribution in [0, 0.1) is 22.7 Å². The second-order valence-corrected chi connectivity index (χ2v) is 8.38. The number of rotatable bonds is 2. The fourth-order valence-electron chi connectivity index (χ4n) is 6.34. The molecule has 20 heavy (non-hydrogen) atoms. The molecular formula is C17H23FN2. The molecule has 1 heterocycles. The molecule has 0 amide bonds. The lowest BCUT2D eigenvalue weighted by atomic mass is 9.43. The third-order valence-corrected chi connectivity index (χ3v) is 5.73. The number of pyridine rings is 1. The molecule has 0 aromatic carbocycles. The van der Waals surface area contributed by atoms with Crippen LogP contribution in [0.1, 0.15) is 52.4 Å². The maximum absolute atomic E-state index is 13.3. The van der Waals surface area contributed by atoms with Crippen molar-refractivity contribution in [1.29, 1.82) is 0 Å². The minimum absolute atomic E-state index is 0.143. The van der Waals surface area contributed by atoms with Gasteiger partial charge in [0.1, 0.15) is 5.82 Å². The minimum Gasteiger partial charge on any atom is -0.364 e. The predicted octanol–water partition coefficient (Wildman–Crippen LogP) is 4.38. The van der Waals surface area contributed by atoms with Crippen molar-refractivity contribution in [3.05, 3.63) is 24.1 Å². The van der Waals surface area contributed by atoms with Crippen LogP contribution in [0.3, 0.4) is 0 Å². The third kappa shape index (κ3) is 1.94. The van der Waals surface area contributed by atoms with Gasteiger partial charge in [-0.3, -0.25) is 0 Å². The lowest BCUT2D eigenvalue weighted by Crippen LogP contribution is -2.61. The van der Waals surface area contributed by atoms with Crippen LogP contribution in [-0.2, 0) is 0 Å². The summed E-state index contributed by atoms with van der Waals surface area (Å²) in [6.45, 7) is 4.90. The first kappa shape index (κ1) is 12.6. The van der Waals surface area contributed by atoms with Gasteiger partial charge in [-0.1, -0.05) is 19.9 Å². The summed E-state index contributed by atoms with van der Waals surface area (Å²) < 4.78 is 13.3. The maximum Gasteiger partial charge on any atom is 0.214 e. The number of hydrogen-bond acceptors (Lipinski definition) is 2. The van der Waals surface area contributed by atoms with Gasteiger partial charge in [-0.25, -0.2) is 4.98 Å². The van der Waals surface area contributed by atoms with E-state index in [1.165, 1.54) is 44.6 Å². The second-order valence-electron chi connectivity index (χ2n) is 8.38. The van der Waals surface area contributed by atoms with Gasteiger partial charge in [0.15, 0.2) is 0 Å². The average Bonchev–Trinajstić information content (AvgIpc) is 2.22. The Morgan fingerprint density at radius 2 is 1.80 bits per heavy atom. The van der Waals surface area contributed by atoms with E-state index >= 15 is 0 Å².